The summed E-state index contributed by atoms with van der Waals surface area (Å²) in [6.07, 6.45) is -3.70. The molecular formula is C30H30N3O8+. The fourth-order valence-electron chi connectivity index (χ4n) is 5.15. The van der Waals surface area contributed by atoms with Crippen molar-refractivity contribution in [2.75, 3.05) is 6.61 Å². The van der Waals surface area contributed by atoms with Crippen molar-refractivity contribution in [1.29, 1.82) is 0 Å². The molecular weight excluding hydrogens is 530 g/mol. The minimum Gasteiger partial charge on any atom is -0.469 e. The Morgan fingerprint density at radius 2 is 1.66 bits per heavy atom. The summed E-state index contributed by atoms with van der Waals surface area (Å²) < 4.78 is 12.6. The van der Waals surface area contributed by atoms with Crippen molar-refractivity contribution in [1.82, 2.24) is 4.90 Å². The molecule has 1 amide bonds. The van der Waals surface area contributed by atoms with Crippen LogP contribution in [0.3, 0.4) is 0 Å². The number of ether oxygens (including phenoxy) is 1. The van der Waals surface area contributed by atoms with Crippen LogP contribution in [-0.4, -0.2) is 90.9 Å². The lowest BCUT2D eigenvalue weighted by molar-refractivity contribution is -0.754. The third kappa shape index (κ3) is 5.21. The molecule has 212 valence electrons. The van der Waals surface area contributed by atoms with Gasteiger partial charge in [-0.1, -0.05) is 48.5 Å². The van der Waals surface area contributed by atoms with Gasteiger partial charge in [0.15, 0.2) is 6.10 Å². The van der Waals surface area contributed by atoms with E-state index in [0.29, 0.717) is 35.0 Å². The van der Waals surface area contributed by atoms with Gasteiger partial charge < -0.3 is 29.6 Å². The molecule has 0 radical (unpaired) electrons. The van der Waals surface area contributed by atoms with E-state index in [1.54, 1.807) is 24.6 Å². The maximum atomic E-state index is 13.6. The highest BCUT2D eigenvalue weighted by Gasteiger charge is 2.51. The van der Waals surface area contributed by atoms with E-state index >= 15 is 0 Å². The van der Waals surface area contributed by atoms with Crippen LogP contribution >= 0.6 is 0 Å². The minimum atomic E-state index is -1.64. The average molecular weight is 561 g/mol. The molecule has 3 aliphatic heterocycles. The minimum absolute atomic E-state index is 0.233. The lowest BCUT2D eigenvalue weighted by Gasteiger charge is -2.37. The van der Waals surface area contributed by atoms with Crippen LogP contribution in [0.15, 0.2) is 94.7 Å². The number of hydrogen-bond donors (Lipinski definition) is 4. The predicted molar refractivity (Wildman–Crippen MR) is 145 cm³/mol. The van der Waals surface area contributed by atoms with Gasteiger partial charge in [-0.3, -0.25) is 9.69 Å². The van der Waals surface area contributed by atoms with E-state index in [0.717, 1.165) is 5.56 Å². The van der Waals surface area contributed by atoms with Gasteiger partial charge in [0.25, 0.3) is 23.6 Å². The zero-order chi connectivity index (χ0) is 28.5. The van der Waals surface area contributed by atoms with Gasteiger partial charge in [-0.05, 0) is 29.8 Å². The van der Waals surface area contributed by atoms with Gasteiger partial charge in [0, 0.05) is 11.2 Å². The number of nitrogens with zero attached hydrogens (tertiary/aromatic N) is 3. The second-order valence-corrected chi connectivity index (χ2v) is 10.0. The third-order valence-electron chi connectivity index (χ3n) is 7.32. The van der Waals surface area contributed by atoms with E-state index in [1.807, 2.05) is 60.7 Å². The van der Waals surface area contributed by atoms with Crippen molar-refractivity contribution in [2.24, 2.45) is 4.99 Å². The van der Waals surface area contributed by atoms with Crippen LogP contribution in [0.4, 0.5) is 0 Å². The largest absolute Gasteiger partial charge is 0.469 e. The van der Waals surface area contributed by atoms with Crippen molar-refractivity contribution in [3.63, 3.8) is 0 Å². The number of carbonyl (C=O) groups excluding carboxylic acids is 1. The Kier molecular flexibility index (Phi) is 7.52. The molecule has 3 aliphatic rings. The number of aliphatic imine (C=N–C) groups is 1. The molecule has 11 nitrogen and oxygen atoms in total. The quantitative estimate of drug-likeness (QED) is 0.297. The first kappa shape index (κ1) is 27.1. The van der Waals surface area contributed by atoms with Crippen molar-refractivity contribution in [3.8, 4) is 0 Å². The number of benzene rings is 2. The van der Waals surface area contributed by atoms with Crippen LogP contribution in [0.1, 0.15) is 16.9 Å². The number of aliphatic hydroxyl groups is 4. The van der Waals surface area contributed by atoms with Crippen LogP contribution in [0.2, 0.25) is 0 Å². The lowest BCUT2D eigenvalue weighted by atomic mass is 9.99. The van der Waals surface area contributed by atoms with Crippen molar-refractivity contribution >= 4 is 23.2 Å². The second-order valence-electron chi connectivity index (χ2n) is 10.0. The van der Waals surface area contributed by atoms with Gasteiger partial charge in [0.2, 0.25) is 5.84 Å². The summed E-state index contributed by atoms with van der Waals surface area (Å²) in [6.45, 7) is -0.601. The Labute approximate surface area is 235 Å². The molecule has 2 unspecified atom stereocenters. The van der Waals surface area contributed by atoms with E-state index in [4.69, 9.17) is 19.0 Å². The monoisotopic (exact) mass is 560 g/mol. The van der Waals surface area contributed by atoms with E-state index < -0.39 is 43.4 Å². The molecule has 1 saturated heterocycles. The number of furan rings is 1. The summed E-state index contributed by atoms with van der Waals surface area (Å²) in [4.78, 5) is 26.2. The van der Waals surface area contributed by atoms with Crippen LogP contribution in [0.5, 0.6) is 0 Å². The first-order valence-corrected chi connectivity index (χ1v) is 13.3. The Balaban J connectivity index is 1.48. The van der Waals surface area contributed by atoms with E-state index in [-0.39, 0.29) is 12.3 Å². The third-order valence-corrected chi connectivity index (χ3v) is 7.32. The Morgan fingerprint density at radius 3 is 2.34 bits per heavy atom. The molecule has 0 saturated carbocycles. The normalized spacial score (nSPS) is 27.9. The number of hydroxylamine groups is 1. The number of amides is 1. The Bertz CT molecular complexity index is 1470. The highest BCUT2D eigenvalue weighted by Crippen LogP contribution is 2.30. The number of aliphatic hydroxyl groups excluding tert-OH is 4. The maximum absolute atomic E-state index is 13.6. The molecule has 2 aromatic carbocycles. The molecule has 41 heavy (non-hydrogen) atoms. The molecule has 4 heterocycles. The van der Waals surface area contributed by atoms with Crippen molar-refractivity contribution < 1.29 is 44.0 Å². The number of hydrogen-bond acceptors (Lipinski definition) is 9. The molecule has 4 N–H and O–H groups in total. The molecule has 11 heteroatoms. The summed E-state index contributed by atoms with van der Waals surface area (Å²) >= 11 is 0. The summed E-state index contributed by atoms with van der Waals surface area (Å²) in [6, 6.07) is 21.6. The molecule has 0 spiro atoms. The standard InChI is InChI=1S/C30H30N3O8/c34-17-24-25(35)26(36)27(37)30(40-24)41-33-22(14-18-8-3-1-4-9-18)28-31-21(15-20-12-7-13-39-20)29(38)32(28)16-23(33)19-10-5-2-6-11-19/h1-13,16,21,24-27,30,34-37H,14-15,17H2/q+1/t21?,24-,25+,26+,27-,30?/m1/s1. The molecule has 3 aromatic rings. The lowest BCUT2D eigenvalue weighted by Crippen LogP contribution is -2.60. The summed E-state index contributed by atoms with van der Waals surface area (Å²) in [7, 11) is 0. The molecule has 0 bridgehead atoms. The van der Waals surface area contributed by atoms with Gasteiger partial charge in [0.05, 0.1) is 31.1 Å². The number of rotatable bonds is 8. The molecule has 6 atom stereocenters. The smallest absolute Gasteiger partial charge is 0.299 e. The van der Waals surface area contributed by atoms with E-state index in [1.165, 1.54) is 9.64 Å². The topological polar surface area (TPSA) is 148 Å². The molecule has 1 aromatic heterocycles. The number of fused-ring (bicyclic) bond motifs is 1. The van der Waals surface area contributed by atoms with Crippen LogP contribution < -0.4 is 0 Å². The van der Waals surface area contributed by atoms with Gasteiger partial charge in [-0.25, -0.2) is 9.83 Å². The Morgan fingerprint density at radius 1 is 0.927 bits per heavy atom. The van der Waals surface area contributed by atoms with Gasteiger partial charge in [0.1, 0.15) is 30.1 Å². The Hall–Kier alpha value is -4.13. The maximum Gasteiger partial charge on any atom is 0.299 e. The summed E-state index contributed by atoms with van der Waals surface area (Å²) in [5.41, 5.74) is 2.55. The molecule has 0 aliphatic carbocycles. The summed E-state index contributed by atoms with van der Waals surface area (Å²) in [5.74, 6) is 0.751. The van der Waals surface area contributed by atoms with Crippen LogP contribution in [-0.2, 0) is 27.2 Å². The van der Waals surface area contributed by atoms with Gasteiger partial charge in [-0.15, -0.1) is 0 Å². The number of amidine groups is 1. The molecule has 6 rings (SSSR count). The highest BCUT2D eigenvalue weighted by molar-refractivity contribution is 6.45. The van der Waals surface area contributed by atoms with E-state index in [2.05, 4.69) is 0 Å². The molecule has 1 fully saturated rings. The first-order chi connectivity index (χ1) is 19.9. The van der Waals surface area contributed by atoms with Crippen LogP contribution in [0, 0.1) is 0 Å². The van der Waals surface area contributed by atoms with Crippen LogP contribution in [0.25, 0.3) is 5.70 Å². The van der Waals surface area contributed by atoms with E-state index in [9.17, 15) is 25.2 Å². The van der Waals surface area contributed by atoms with Crippen molar-refractivity contribution in [3.05, 3.63) is 102 Å². The zero-order valence-electron chi connectivity index (χ0n) is 21.9. The highest BCUT2D eigenvalue weighted by atomic mass is 16.8. The second kappa shape index (κ2) is 11.4. The first-order valence-electron chi connectivity index (χ1n) is 13.3. The SMILES string of the molecule is O=C1C(Cc2ccco2)N=C2C(Cc3ccccc3)=[N+](OC3O[C@H](CO)[C@H](O)[C@H](O)[C@H]3O)C(c3ccccc3)=CN12. The van der Waals surface area contributed by atoms with Gasteiger partial charge >= 0.3 is 0 Å². The number of carbonyl (C=O) groups is 1. The predicted octanol–water partition coefficient (Wildman–Crippen LogP) is 0.871. The zero-order valence-corrected chi connectivity index (χ0v) is 21.9. The summed E-state index contributed by atoms with van der Waals surface area (Å²) in [5, 5.41) is 41.2. The average Bonchev–Trinajstić information content (AvgIpc) is 3.63. The van der Waals surface area contributed by atoms with Gasteiger partial charge in [-0.2, -0.15) is 0 Å². The van der Waals surface area contributed by atoms with Crippen molar-refractivity contribution in [2.45, 2.75) is 49.6 Å². The fourth-order valence-corrected chi connectivity index (χ4v) is 5.15. The fraction of sp³-hybridized carbons (Fsp3) is 0.300.